The third-order valence-electron chi connectivity index (χ3n) is 3.73. The summed E-state index contributed by atoms with van der Waals surface area (Å²) < 4.78 is 27.5. The Labute approximate surface area is 142 Å². The van der Waals surface area contributed by atoms with Gasteiger partial charge in [0.05, 0.1) is 16.1 Å². The van der Waals surface area contributed by atoms with Crippen LogP contribution in [0.25, 0.3) is 0 Å². The van der Waals surface area contributed by atoms with E-state index in [-0.39, 0.29) is 22.7 Å². The fraction of sp³-hybridized carbons (Fsp3) is 0.278. The molecule has 1 N–H and O–H groups in total. The second kappa shape index (κ2) is 7.05. The van der Waals surface area contributed by atoms with Gasteiger partial charge in [0.2, 0.25) is 0 Å². The van der Waals surface area contributed by atoms with Crippen LogP contribution in [-0.2, 0) is 10.0 Å². The van der Waals surface area contributed by atoms with Gasteiger partial charge in [-0.1, -0.05) is 36.8 Å². The van der Waals surface area contributed by atoms with Crippen molar-refractivity contribution in [1.29, 1.82) is 0 Å². The van der Waals surface area contributed by atoms with Gasteiger partial charge in [-0.25, -0.2) is 13.2 Å². The van der Waals surface area contributed by atoms with Crippen molar-refractivity contribution >= 4 is 21.7 Å². The van der Waals surface area contributed by atoms with Crippen molar-refractivity contribution in [2.75, 3.05) is 10.8 Å². The number of anilines is 1. The average Bonchev–Trinajstić information content (AvgIpc) is 2.52. The molecule has 0 aromatic heterocycles. The van der Waals surface area contributed by atoms with E-state index in [4.69, 9.17) is 0 Å². The maximum atomic E-state index is 13.2. The van der Waals surface area contributed by atoms with Crippen molar-refractivity contribution in [1.82, 2.24) is 0 Å². The van der Waals surface area contributed by atoms with E-state index in [2.05, 4.69) is 0 Å². The molecule has 0 radical (unpaired) electrons. The van der Waals surface area contributed by atoms with E-state index in [1.165, 1.54) is 16.4 Å². The van der Waals surface area contributed by atoms with Crippen LogP contribution in [0.5, 0.6) is 0 Å². The summed E-state index contributed by atoms with van der Waals surface area (Å²) in [6.45, 7) is 5.70. The van der Waals surface area contributed by atoms with Gasteiger partial charge in [-0.05, 0) is 44.0 Å². The minimum atomic E-state index is -3.85. The fourth-order valence-corrected chi connectivity index (χ4v) is 4.44. The molecule has 0 aliphatic rings. The number of benzene rings is 2. The van der Waals surface area contributed by atoms with E-state index in [0.717, 1.165) is 5.56 Å². The van der Waals surface area contributed by atoms with Gasteiger partial charge in [-0.3, -0.25) is 4.31 Å². The monoisotopic (exact) mass is 347 g/mol. The Bertz CT molecular complexity index is 859. The highest BCUT2D eigenvalue weighted by Gasteiger charge is 2.28. The summed E-state index contributed by atoms with van der Waals surface area (Å²) in [6.07, 6.45) is 0.568. The molecule has 0 saturated heterocycles. The molecule has 5 nitrogen and oxygen atoms in total. The number of carboxylic acids is 1. The maximum absolute atomic E-state index is 13.2. The minimum Gasteiger partial charge on any atom is -0.478 e. The minimum absolute atomic E-state index is 0.0284. The molecule has 2 aromatic rings. The zero-order chi connectivity index (χ0) is 17.9. The van der Waals surface area contributed by atoms with Gasteiger partial charge < -0.3 is 5.11 Å². The lowest BCUT2D eigenvalue weighted by molar-refractivity contribution is 0.0697. The van der Waals surface area contributed by atoms with Crippen LogP contribution in [0.4, 0.5) is 5.69 Å². The lowest BCUT2D eigenvalue weighted by Crippen LogP contribution is -2.33. The van der Waals surface area contributed by atoms with Crippen molar-refractivity contribution in [2.45, 2.75) is 32.1 Å². The van der Waals surface area contributed by atoms with Crippen LogP contribution in [-0.4, -0.2) is 26.0 Å². The van der Waals surface area contributed by atoms with Crippen molar-refractivity contribution < 1.29 is 18.3 Å². The average molecular weight is 347 g/mol. The van der Waals surface area contributed by atoms with Crippen LogP contribution in [0, 0.1) is 13.8 Å². The molecule has 2 aromatic carbocycles. The summed E-state index contributed by atoms with van der Waals surface area (Å²) in [4.78, 5) is 11.7. The van der Waals surface area contributed by atoms with Gasteiger partial charge in [0.15, 0.2) is 0 Å². The molecule has 0 bridgehead atoms. The van der Waals surface area contributed by atoms with Crippen LogP contribution in [0.15, 0.2) is 47.4 Å². The van der Waals surface area contributed by atoms with Gasteiger partial charge in [0.25, 0.3) is 10.0 Å². The molecule has 0 aliphatic carbocycles. The predicted molar refractivity (Wildman–Crippen MR) is 94.1 cm³/mol. The SMILES string of the molecule is CCCN(c1ccccc1C(=O)O)S(=O)(=O)c1ccc(C)cc1C. The first kappa shape index (κ1) is 18.0. The second-order valence-electron chi connectivity index (χ2n) is 5.67. The van der Waals surface area contributed by atoms with E-state index < -0.39 is 16.0 Å². The molecule has 0 spiro atoms. The molecule has 24 heavy (non-hydrogen) atoms. The predicted octanol–water partition coefficient (Wildman–Crippen LogP) is 3.61. The fourth-order valence-electron chi connectivity index (χ4n) is 2.65. The second-order valence-corrected chi connectivity index (χ2v) is 7.50. The third kappa shape index (κ3) is 3.43. The van der Waals surface area contributed by atoms with Gasteiger partial charge in [0, 0.05) is 6.54 Å². The maximum Gasteiger partial charge on any atom is 0.337 e. The molecule has 0 fully saturated rings. The number of rotatable bonds is 6. The Morgan fingerprint density at radius 3 is 2.38 bits per heavy atom. The molecule has 0 heterocycles. The summed E-state index contributed by atoms with van der Waals surface area (Å²) in [5, 5.41) is 9.39. The number of sulfonamides is 1. The number of hydrogen-bond acceptors (Lipinski definition) is 3. The quantitative estimate of drug-likeness (QED) is 0.866. The van der Waals surface area contributed by atoms with Gasteiger partial charge in [-0.2, -0.15) is 0 Å². The Hall–Kier alpha value is -2.34. The first-order valence-corrected chi connectivity index (χ1v) is 9.15. The summed E-state index contributed by atoms with van der Waals surface area (Å²) in [5.41, 5.74) is 1.77. The van der Waals surface area contributed by atoms with E-state index in [1.54, 1.807) is 37.3 Å². The molecule has 0 atom stereocenters. The number of aromatic carboxylic acids is 1. The highest BCUT2D eigenvalue weighted by molar-refractivity contribution is 7.92. The highest BCUT2D eigenvalue weighted by atomic mass is 32.2. The zero-order valence-electron chi connectivity index (χ0n) is 14.0. The molecule has 0 saturated carbocycles. The van der Waals surface area contributed by atoms with Crippen LogP contribution < -0.4 is 4.31 Å². The lowest BCUT2D eigenvalue weighted by atomic mass is 10.2. The van der Waals surface area contributed by atoms with Crippen molar-refractivity contribution in [2.24, 2.45) is 0 Å². The number of carboxylic acid groups (broad SMARTS) is 1. The molecule has 0 aliphatic heterocycles. The molecular weight excluding hydrogens is 326 g/mol. The summed E-state index contributed by atoms with van der Waals surface area (Å²) in [6, 6.07) is 11.3. The first-order valence-electron chi connectivity index (χ1n) is 7.71. The van der Waals surface area contributed by atoms with Crippen LogP contribution in [0.1, 0.15) is 34.8 Å². The summed E-state index contributed by atoms with van der Waals surface area (Å²) in [5.74, 6) is -1.15. The molecule has 0 amide bonds. The van der Waals surface area contributed by atoms with Crippen molar-refractivity contribution in [3.05, 3.63) is 59.2 Å². The third-order valence-corrected chi connectivity index (χ3v) is 5.70. The Balaban J connectivity index is 2.65. The number of carbonyl (C=O) groups is 1. The molecule has 0 unspecified atom stereocenters. The highest BCUT2D eigenvalue weighted by Crippen LogP contribution is 2.29. The molecule has 2 rings (SSSR count). The number of nitrogens with zero attached hydrogens (tertiary/aromatic N) is 1. The van der Waals surface area contributed by atoms with Crippen LogP contribution in [0.3, 0.4) is 0 Å². The molecule has 128 valence electrons. The normalized spacial score (nSPS) is 11.3. The van der Waals surface area contributed by atoms with E-state index in [0.29, 0.717) is 12.0 Å². The first-order chi connectivity index (χ1) is 11.3. The van der Waals surface area contributed by atoms with Crippen molar-refractivity contribution in [3.8, 4) is 0 Å². The molecular formula is C18H21NO4S. The topological polar surface area (TPSA) is 74.7 Å². The Morgan fingerprint density at radius 1 is 1.12 bits per heavy atom. The Morgan fingerprint density at radius 2 is 1.79 bits per heavy atom. The number of aryl methyl sites for hydroxylation is 2. The Kier molecular flexibility index (Phi) is 5.29. The molecule has 6 heteroatoms. The van der Waals surface area contributed by atoms with E-state index in [1.807, 2.05) is 13.8 Å². The smallest absolute Gasteiger partial charge is 0.337 e. The number of hydrogen-bond donors (Lipinski definition) is 1. The van der Waals surface area contributed by atoms with E-state index in [9.17, 15) is 18.3 Å². The van der Waals surface area contributed by atoms with Gasteiger partial charge in [0.1, 0.15) is 0 Å². The van der Waals surface area contributed by atoms with E-state index >= 15 is 0 Å². The largest absolute Gasteiger partial charge is 0.478 e. The number of para-hydroxylation sites is 1. The van der Waals surface area contributed by atoms with Crippen molar-refractivity contribution in [3.63, 3.8) is 0 Å². The summed E-state index contributed by atoms with van der Waals surface area (Å²) >= 11 is 0. The van der Waals surface area contributed by atoms with Gasteiger partial charge in [-0.15, -0.1) is 0 Å². The lowest BCUT2D eigenvalue weighted by Gasteiger charge is -2.26. The summed E-state index contributed by atoms with van der Waals surface area (Å²) in [7, 11) is -3.85. The van der Waals surface area contributed by atoms with Gasteiger partial charge >= 0.3 is 5.97 Å². The zero-order valence-corrected chi connectivity index (χ0v) is 14.8. The standard InChI is InChI=1S/C18H21NO4S/c1-4-11-19(16-8-6-5-7-15(16)18(20)21)24(22,23)17-10-9-13(2)12-14(17)3/h5-10,12H,4,11H2,1-3H3,(H,20,21). The van der Waals surface area contributed by atoms with Crippen LogP contribution >= 0.6 is 0 Å². The van der Waals surface area contributed by atoms with Crippen LogP contribution in [0.2, 0.25) is 0 Å².